The number of amides is 2. The van der Waals surface area contributed by atoms with Crippen molar-refractivity contribution >= 4 is 17.5 Å². The molecule has 2 aromatic heterocycles. The van der Waals surface area contributed by atoms with Crippen molar-refractivity contribution in [2.75, 3.05) is 18.4 Å². The van der Waals surface area contributed by atoms with E-state index < -0.39 is 0 Å². The molecule has 0 unspecified atom stereocenters. The molecule has 1 N–H and O–H groups in total. The van der Waals surface area contributed by atoms with E-state index in [1.54, 1.807) is 36.2 Å². The highest BCUT2D eigenvalue weighted by atomic mass is 19.1. The van der Waals surface area contributed by atoms with Gasteiger partial charge in [-0.2, -0.15) is 5.10 Å². The lowest BCUT2D eigenvalue weighted by Crippen LogP contribution is -2.43. The Balaban J connectivity index is 1.25. The average molecular weight is 426 g/mol. The van der Waals surface area contributed by atoms with Crippen molar-refractivity contribution in [3.63, 3.8) is 0 Å². The highest BCUT2D eigenvalue weighted by Crippen LogP contribution is 2.20. The van der Waals surface area contributed by atoms with Gasteiger partial charge in [-0.3, -0.25) is 14.3 Å². The third-order valence-electron chi connectivity index (χ3n) is 5.20. The van der Waals surface area contributed by atoms with Gasteiger partial charge in [0, 0.05) is 32.1 Å². The van der Waals surface area contributed by atoms with Gasteiger partial charge in [0.05, 0.1) is 23.7 Å². The Morgan fingerprint density at radius 2 is 1.97 bits per heavy atom. The van der Waals surface area contributed by atoms with Gasteiger partial charge in [0.2, 0.25) is 5.91 Å². The Morgan fingerprint density at radius 3 is 2.65 bits per heavy atom. The maximum Gasteiger partial charge on any atom is 0.259 e. The highest BCUT2D eigenvalue weighted by Gasteiger charge is 2.24. The van der Waals surface area contributed by atoms with Crippen molar-refractivity contribution in [3.05, 3.63) is 66.1 Å². The van der Waals surface area contributed by atoms with Crippen LogP contribution < -0.4 is 10.1 Å². The summed E-state index contributed by atoms with van der Waals surface area (Å²) in [6.07, 6.45) is 5.98. The van der Waals surface area contributed by atoms with Crippen molar-refractivity contribution in [1.29, 1.82) is 0 Å². The zero-order chi connectivity index (χ0) is 21.8. The van der Waals surface area contributed by atoms with E-state index in [1.807, 2.05) is 0 Å². The molecule has 1 fully saturated rings. The van der Waals surface area contributed by atoms with Crippen LogP contribution in [0.1, 0.15) is 29.0 Å². The molecule has 0 atom stereocenters. The lowest BCUT2D eigenvalue weighted by atomic mass is 10.1. The predicted molar refractivity (Wildman–Crippen MR) is 110 cm³/mol. The Hall–Kier alpha value is -3.62. The molecule has 3 aromatic rings. The molecule has 0 saturated carbocycles. The number of nitrogens with zero attached hydrogens (tertiary/aromatic N) is 3. The van der Waals surface area contributed by atoms with Gasteiger partial charge in [0.25, 0.3) is 5.91 Å². The van der Waals surface area contributed by atoms with Crippen LogP contribution in [-0.2, 0) is 11.3 Å². The lowest BCUT2D eigenvalue weighted by molar-refractivity contribution is -0.133. The minimum atomic E-state index is -0.300. The number of likely N-dealkylation sites (tertiary alicyclic amines) is 1. The Kier molecular flexibility index (Phi) is 6.01. The summed E-state index contributed by atoms with van der Waals surface area (Å²) >= 11 is 0. The average Bonchev–Trinajstić information content (AvgIpc) is 3.39. The van der Waals surface area contributed by atoms with Gasteiger partial charge in [-0.05, 0) is 37.3 Å². The fourth-order valence-corrected chi connectivity index (χ4v) is 3.50. The van der Waals surface area contributed by atoms with E-state index in [1.165, 1.54) is 29.3 Å². The number of carbonyl (C=O) groups excluding carboxylic acids is 2. The first-order chi connectivity index (χ1) is 15.0. The largest absolute Gasteiger partial charge is 0.490 e. The minimum absolute atomic E-state index is 0.00703. The number of hydrogen-bond acceptors (Lipinski definition) is 5. The summed E-state index contributed by atoms with van der Waals surface area (Å²) in [6.45, 7) is 2.96. The number of carbonyl (C=O) groups is 2. The molecule has 1 aliphatic rings. The molecule has 9 heteroatoms. The second-order valence-corrected chi connectivity index (χ2v) is 7.42. The molecule has 0 spiro atoms. The monoisotopic (exact) mass is 426 g/mol. The third kappa shape index (κ3) is 5.11. The molecule has 1 aromatic carbocycles. The summed E-state index contributed by atoms with van der Waals surface area (Å²) in [5.74, 6) is 0.521. The number of aromatic nitrogens is 2. The molecule has 1 aliphatic heterocycles. The molecule has 1 saturated heterocycles. The van der Waals surface area contributed by atoms with Crippen molar-refractivity contribution in [1.82, 2.24) is 14.7 Å². The standard InChI is InChI=1S/C22H23FN4O4/c1-15-20(8-11-30-15)22(29)25-17-12-24-27(13-17)14-21(28)26-9-6-19(7-10-26)31-18-4-2-16(23)3-5-18/h2-5,8,11-13,19H,6-7,9-10,14H2,1H3,(H,25,29). The fraction of sp³-hybridized carbons (Fsp3) is 0.318. The van der Waals surface area contributed by atoms with E-state index in [4.69, 9.17) is 9.15 Å². The van der Waals surface area contributed by atoms with Gasteiger partial charge in [0.1, 0.15) is 30.0 Å². The zero-order valence-electron chi connectivity index (χ0n) is 17.1. The van der Waals surface area contributed by atoms with Gasteiger partial charge in [-0.25, -0.2) is 4.39 Å². The first-order valence-corrected chi connectivity index (χ1v) is 10.1. The van der Waals surface area contributed by atoms with Gasteiger partial charge < -0.3 is 19.4 Å². The van der Waals surface area contributed by atoms with E-state index in [-0.39, 0.29) is 30.3 Å². The fourth-order valence-electron chi connectivity index (χ4n) is 3.50. The number of halogens is 1. The van der Waals surface area contributed by atoms with Crippen LogP contribution >= 0.6 is 0 Å². The number of ether oxygens (including phenoxy) is 1. The van der Waals surface area contributed by atoms with Crippen molar-refractivity contribution < 1.29 is 23.1 Å². The van der Waals surface area contributed by atoms with Crippen LogP contribution in [-0.4, -0.2) is 45.7 Å². The number of rotatable bonds is 6. The quantitative estimate of drug-likeness (QED) is 0.654. The minimum Gasteiger partial charge on any atom is -0.490 e. The van der Waals surface area contributed by atoms with Gasteiger partial charge in [-0.15, -0.1) is 0 Å². The molecule has 2 amide bonds. The van der Waals surface area contributed by atoms with E-state index in [2.05, 4.69) is 10.4 Å². The third-order valence-corrected chi connectivity index (χ3v) is 5.20. The Bertz CT molecular complexity index is 1050. The molecule has 31 heavy (non-hydrogen) atoms. The van der Waals surface area contributed by atoms with E-state index in [0.717, 1.165) is 0 Å². The van der Waals surface area contributed by atoms with Gasteiger partial charge in [-0.1, -0.05) is 0 Å². The van der Waals surface area contributed by atoms with E-state index in [0.29, 0.717) is 48.7 Å². The van der Waals surface area contributed by atoms with Crippen molar-refractivity contribution in [2.24, 2.45) is 0 Å². The van der Waals surface area contributed by atoms with Crippen molar-refractivity contribution in [3.8, 4) is 5.75 Å². The number of nitrogens with one attached hydrogen (secondary N) is 1. The SMILES string of the molecule is Cc1occc1C(=O)Nc1cnn(CC(=O)N2CCC(Oc3ccc(F)cc3)CC2)c1. The normalized spacial score (nSPS) is 14.5. The molecule has 0 radical (unpaired) electrons. The van der Waals surface area contributed by atoms with Crippen LogP contribution in [0.4, 0.5) is 10.1 Å². The summed E-state index contributed by atoms with van der Waals surface area (Å²) in [4.78, 5) is 26.6. The molecular formula is C22H23FN4O4. The zero-order valence-corrected chi connectivity index (χ0v) is 17.1. The molecule has 0 bridgehead atoms. The second-order valence-electron chi connectivity index (χ2n) is 7.42. The smallest absolute Gasteiger partial charge is 0.259 e. The summed E-state index contributed by atoms with van der Waals surface area (Å²) in [7, 11) is 0. The second kappa shape index (κ2) is 9.03. The van der Waals surface area contributed by atoms with Gasteiger partial charge >= 0.3 is 0 Å². The van der Waals surface area contributed by atoms with E-state index in [9.17, 15) is 14.0 Å². The Morgan fingerprint density at radius 1 is 1.23 bits per heavy atom. The molecule has 162 valence electrons. The van der Waals surface area contributed by atoms with Crippen LogP contribution in [0.2, 0.25) is 0 Å². The van der Waals surface area contributed by atoms with Crippen molar-refractivity contribution in [2.45, 2.75) is 32.4 Å². The highest BCUT2D eigenvalue weighted by molar-refractivity contribution is 6.04. The number of aryl methyl sites for hydroxylation is 1. The maximum absolute atomic E-state index is 13.0. The number of hydrogen-bond donors (Lipinski definition) is 1. The molecule has 3 heterocycles. The number of benzene rings is 1. The molecule has 4 rings (SSSR count). The van der Waals surface area contributed by atoms with Crippen LogP contribution in [0.15, 0.2) is 53.4 Å². The predicted octanol–water partition coefficient (Wildman–Crippen LogP) is 3.25. The lowest BCUT2D eigenvalue weighted by Gasteiger charge is -2.32. The first-order valence-electron chi connectivity index (χ1n) is 10.1. The Labute approximate surface area is 178 Å². The van der Waals surface area contributed by atoms with Crippen LogP contribution in [0, 0.1) is 12.7 Å². The van der Waals surface area contributed by atoms with Crippen LogP contribution in [0.5, 0.6) is 5.75 Å². The molecule has 8 nitrogen and oxygen atoms in total. The summed E-state index contributed by atoms with van der Waals surface area (Å²) in [6, 6.07) is 7.54. The van der Waals surface area contributed by atoms with Crippen LogP contribution in [0.25, 0.3) is 0 Å². The number of anilines is 1. The molecule has 0 aliphatic carbocycles. The van der Waals surface area contributed by atoms with E-state index >= 15 is 0 Å². The van der Waals surface area contributed by atoms with Crippen LogP contribution in [0.3, 0.4) is 0 Å². The number of piperidine rings is 1. The maximum atomic E-state index is 13.0. The summed E-state index contributed by atoms with van der Waals surface area (Å²) in [5, 5.41) is 6.90. The number of furan rings is 1. The summed E-state index contributed by atoms with van der Waals surface area (Å²) < 4.78 is 25.5. The topological polar surface area (TPSA) is 89.6 Å². The molecular weight excluding hydrogens is 403 g/mol. The first kappa shape index (κ1) is 20.6. The summed E-state index contributed by atoms with van der Waals surface area (Å²) in [5.41, 5.74) is 0.958. The van der Waals surface area contributed by atoms with Gasteiger partial charge in [0.15, 0.2) is 0 Å².